The molecule has 3 rings (SSSR count). The molecule has 3 aromatic rings. The van der Waals surface area contributed by atoms with Gasteiger partial charge in [-0.15, -0.1) is 0 Å². The number of furan rings is 1. The number of aromatic amines is 1. The fourth-order valence-electron chi connectivity index (χ4n) is 2.77. The molecule has 0 atom stereocenters. The van der Waals surface area contributed by atoms with E-state index in [-0.39, 0.29) is 5.75 Å². The Morgan fingerprint density at radius 1 is 1.31 bits per heavy atom. The molecule has 2 heterocycles. The van der Waals surface area contributed by atoms with Gasteiger partial charge in [-0.2, -0.15) is 5.10 Å². The summed E-state index contributed by atoms with van der Waals surface area (Å²) in [4.78, 5) is 0. The first-order valence-electron chi connectivity index (χ1n) is 8.67. The van der Waals surface area contributed by atoms with Gasteiger partial charge in [-0.25, -0.2) is 12.7 Å². The van der Waals surface area contributed by atoms with Crippen molar-refractivity contribution in [2.75, 3.05) is 25.9 Å². The maximum Gasteiger partial charge on any atom is 0.213 e. The van der Waals surface area contributed by atoms with Crippen LogP contribution in [0.4, 0.5) is 0 Å². The number of sulfonamides is 1. The van der Waals surface area contributed by atoms with E-state index in [1.54, 1.807) is 20.2 Å². The zero-order chi connectivity index (χ0) is 18.6. The lowest BCUT2D eigenvalue weighted by Crippen LogP contribution is -2.31. The second-order valence-electron chi connectivity index (χ2n) is 6.17. The lowest BCUT2D eigenvalue weighted by molar-refractivity contribution is 0.455. The second kappa shape index (κ2) is 8.03. The molecule has 26 heavy (non-hydrogen) atoms. The number of fused-ring (bicyclic) bond motifs is 1. The molecule has 0 bridgehead atoms. The van der Waals surface area contributed by atoms with E-state index in [2.05, 4.69) is 15.5 Å². The van der Waals surface area contributed by atoms with E-state index in [1.165, 1.54) is 4.31 Å². The first kappa shape index (κ1) is 18.6. The highest BCUT2D eigenvalue weighted by Gasteiger charge is 2.15. The largest absolute Gasteiger partial charge is 0.454 e. The van der Waals surface area contributed by atoms with Crippen molar-refractivity contribution in [3.05, 3.63) is 42.1 Å². The quantitative estimate of drug-likeness (QED) is 0.560. The maximum absolute atomic E-state index is 11.7. The summed E-state index contributed by atoms with van der Waals surface area (Å²) in [6.07, 6.45) is 2.52. The molecule has 0 fully saturated rings. The minimum Gasteiger partial charge on any atom is -0.454 e. The van der Waals surface area contributed by atoms with Gasteiger partial charge >= 0.3 is 0 Å². The van der Waals surface area contributed by atoms with Gasteiger partial charge in [-0.1, -0.05) is 18.2 Å². The SMILES string of the molecule is CCS(=O)(=O)N(C)CCCNCc1cn[nH]c1-c1cc2ccccc2o1. The van der Waals surface area contributed by atoms with Crippen LogP contribution in [0, 0.1) is 0 Å². The highest BCUT2D eigenvalue weighted by molar-refractivity contribution is 7.89. The highest BCUT2D eigenvalue weighted by Crippen LogP contribution is 2.28. The second-order valence-corrected chi connectivity index (χ2v) is 8.54. The van der Waals surface area contributed by atoms with Crippen LogP contribution in [0.15, 0.2) is 40.9 Å². The van der Waals surface area contributed by atoms with Gasteiger partial charge in [-0.3, -0.25) is 5.10 Å². The van der Waals surface area contributed by atoms with Crippen LogP contribution in [0.3, 0.4) is 0 Å². The number of hydrogen-bond acceptors (Lipinski definition) is 5. The van der Waals surface area contributed by atoms with Gasteiger partial charge < -0.3 is 9.73 Å². The fraction of sp³-hybridized carbons (Fsp3) is 0.389. The number of rotatable bonds is 9. The van der Waals surface area contributed by atoms with Crippen LogP contribution in [0.25, 0.3) is 22.4 Å². The fourth-order valence-corrected chi connectivity index (χ4v) is 3.62. The summed E-state index contributed by atoms with van der Waals surface area (Å²) in [5.74, 6) is 0.890. The molecule has 0 radical (unpaired) electrons. The molecule has 0 saturated heterocycles. The first-order chi connectivity index (χ1) is 12.5. The molecule has 2 aromatic heterocycles. The van der Waals surface area contributed by atoms with Crippen molar-refractivity contribution in [1.29, 1.82) is 0 Å². The van der Waals surface area contributed by atoms with Gasteiger partial charge in [0.25, 0.3) is 0 Å². The van der Waals surface area contributed by atoms with Gasteiger partial charge in [-0.05, 0) is 32.0 Å². The molecule has 140 valence electrons. The molecule has 8 heteroatoms. The topological polar surface area (TPSA) is 91.2 Å². The number of H-pyrrole nitrogens is 1. The molecule has 0 unspecified atom stereocenters. The Labute approximate surface area is 153 Å². The first-order valence-corrected chi connectivity index (χ1v) is 10.3. The van der Waals surface area contributed by atoms with Crippen LogP contribution in [-0.2, 0) is 16.6 Å². The molecule has 0 aliphatic heterocycles. The van der Waals surface area contributed by atoms with E-state index in [9.17, 15) is 8.42 Å². The third-order valence-corrected chi connectivity index (χ3v) is 6.23. The summed E-state index contributed by atoms with van der Waals surface area (Å²) in [5, 5.41) is 11.5. The molecular formula is C18H24N4O3S. The van der Waals surface area contributed by atoms with E-state index in [4.69, 9.17) is 4.42 Å². The van der Waals surface area contributed by atoms with Crippen molar-refractivity contribution in [3.63, 3.8) is 0 Å². The lowest BCUT2D eigenvalue weighted by atomic mass is 10.2. The van der Waals surface area contributed by atoms with E-state index in [0.717, 1.165) is 34.4 Å². The minimum atomic E-state index is -3.11. The van der Waals surface area contributed by atoms with Crippen LogP contribution >= 0.6 is 0 Å². The number of nitrogens with one attached hydrogen (secondary N) is 2. The van der Waals surface area contributed by atoms with Gasteiger partial charge in [0.1, 0.15) is 11.3 Å². The molecule has 0 aliphatic rings. The predicted molar refractivity (Wildman–Crippen MR) is 102 cm³/mol. The average Bonchev–Trinajstić information content (AvgIpc) is 3.27. The van der Waals surface area contributed by atoms with Crippen molar-refractivity contribution >= 4 is 21.0 Å². The van der Waals surface area contributed by atoms with Crippen molar-refractivity contribution in [2.45, 2.75) is 19.9 Å². The molecule has 1 aromatic carbocycles. The van der Waals surface area contributed by atoms with Gasteiger partial charge in [0.2, 0.25) is 10.0 Å². The summed E-state index contributed by atoms with van der Waals surface area (Å²) < 4.78 is 30.7. The van der Waals surface area contributed by atoms with Crippen molar-refractivity contribution in [1.82, 2.24) is 19.8 Å². The Balaban J connectivity index is 1.55. The zero-order valence-corrected chi connectivity index (χ0v) is 15.8. The number of nitrogens with zero attached hydrogens (tertiary/aromatic N) is 2. The normalized spacial score (nSPS) is 12.3. The Hall–Kier alpha value is -2.16. The van der Waals surface area contributed by atoms with Gasteiger partial charge in [0.05, 0.1) is 11.9 Å². The van der Waals surface area contributed by atoms with Gasteiger partial charge in [0.15, 0.2) is 5.76 Å². The Bertz CT molecular complexity index is 929. The Kier molecular flexibility index (Phi) is 5.75. The highest BCUT2D eigenvalue weighted by atomic mass is 32.2. The third kappa shape index (κ3) is 4.14. The van der Waals surface area contributed by atoms with Crippen LogP contribution in [-0.4, -0.2) is 48.8 Å². The molecule has 2 N–H and O–H groups in total. The van der Waals surface area contributed by atoms with Crippen LogP contribution in [0.5, 0.6) is 0 Å². The maximum atomic E-state index is 11.7. The molecular weight excluding hydrogens is 352 g/mol. The molecule has 0 spiro atoms. The number of benzene rings is 1. The average molecular weight is 376 g/mol. The standard InChI is InChI=1S/C18H24N4O3S/c1-3-26(23,24)22(2)10-6-9-19-12-15-13-20-21-18(15)17-11-14-7-4-5-8-16(14)25-17/h4-5,7-8,11,13,19H,3,6,9-10,12H2,1-2H3,(H,20,21). The van der Waals surface area contributed by atoms with Crippen molar-refractivity contribution in [2.24, 2.45) is 0 Å². The van der Waals surface area contributed by atoms with E-state index in [0.29, 0.717) is 19.6 Å². The summed E-state index contributed by atoms with van der Waals surface area (Å²) in [5.41, 5.74) is 2.72. The number of para-hydroxylation sites is 1. The molecule has 7 nitrogen and oxygen atoms in total. The zero-order valence-electron chi connectivity index (χ0n) is 15.0. The van der Waals surface area contributed by atoms with Crippen molar-refractivity contribution < 1.29 is 12.8 Å². The Morgan fingerprint density at radius 2 is 2.12 bits per heavy atom. The monoisotopic (exact) mass is 376 g/mol. The van der Waals surface area contributed by atoms with E-state index in [1.807, 2.05) is 30.3 Å². The predicted octanol–water partition coefficient (Wildman–Crippen LogP) is 2.58. The molecule has 0 amide bonds. The third-order valence-electron chi connectivity index (χ3n) is 4.37. The van der Waals surface area contributed by atoms with Crippen molar-refractivity contribution in [3.8, 4) is 11.5 Å². The summed E-state index contributed by atoms with van der Waals surface area (Å²) in [6.45, 7) is 3.51. The minimum absolute atomic E-state index is 0.132. The smallest absolute Gasteiger partial charge is 0.213 e. The van der Waals surface area contributed by atoms with Crippen LogP contribution in [0.1, 0.15) is 18.9 Å². The number of hydrogen-bond donors (Lipinski definition) is 2. The van der Waals surface area contributed by atoms with Crippen LogP contribution < -0.4 is 5.32 Å². The van der Waals surface area contributed by atoms with Gasteiger partial charge in [0, 0.05) is 31.1 Å². The summed E-state index contributed by atoms with van der Waals surface area (Å²) in [6, 6.07) is 9.87. The summed E-state index contributed by atoms with van der Waals surface area (Å²) >= 11 is 0. The molecule has 0 saturated carbocycles. The van der Waals surface area contributed by atoms with E-state index >= 15 is 0 Å². The summed E-state index contributed by atoms with van der Waals surface area (Å²) in [7, 11) is -1.49. The lowest BCUT2D eigenvalue weighted by Gasteiger charge is -2.15. The molecule has 0 aliphatic carbocycles. The van der Waals surface area contributed by atoms with Crippen LogP contribution in [0.2, 0.25) is 0 Å². The van der Waals surface area contributed by atoms with E-state index < -0.39 is 10.0 Å². The Morgan fingerprint density at radius 3 is 2.88 bits per heavy atom. The number of aromatic nitrogens is 2.